The molecule has 1 saturated heterocycles. The summed E-state index contributed by atoms with van der Waals surface area (Å²) in [5.74, 6) is 0.846. The van der Waals surface area contributed by atoms with Gasteiger partial charge < -0.3 is 14.0 Å². The second-order valence-corrected chi connectivity index (χ2v) is 11.8. The number of likely N-dealkylation sites (tertiary alicyclic amines) is 1. The first-order valence-electron chi connectivity index (χ1n) is 14.0. The highest BCUT2D eigenvalue weighted by molar-refractivity contribution is 5.71. The maximum absolute atomic E-state index is 13.6. The molecule has 6 heterocycles. The lowest BCUT2D eigenvalue weighted by atomic mass is 9.84. The van der Waals surface area contributed by atoms with Crippen LogP contribution < -0.4 is 4.74 Å². The van der Waals surface area contributed by atoms with E-state index in [1.807, 2.05) is 46.0 Å². The lowest BCUT2D eigenvalue weighted by Crippen LogP contribution is -2.69. The van der Waals surface area contributed by atoms with Crippen molar-refractivity contribution >= 4 is 11.7 Å². The number of rotatable bonds is 5. The Labute approximate surface area is 243 Å². The van der Waals surface area contributed by atoms with E-state index in [0.29, 0.717) is 49.0 Å². The summed E-state index contributed by atoms with van der Waals surface area (Å²) < 4.78 is 29.6. The first-order chi connectivity index (χ1) is 20.0. The molecule has 2 aliphatic rings. The SMILES string of the molecule is Cc1cnc2n1CCN(C1(c3cc(OC(C)c4ccc(F)cn4)n4c(C#N)cnc4c3)CCN1C(=O)OC(C)(C)C)C2. The first kappa shape index (κ1) is 27.7. The molecule has 6 rings (SSSR count). The molecule has 0 aliphatic carbocycles. The van der Waals surface area contributed by atoms with Gasteiger partial charge in [-0.2, -0.15) is 5.26 Å². The average Bonchev–Trinajstić information content (AvgIpc) is 3.51. The number of halogens is 1. The summed E-state index contributed by atoms with van der Waals surface area (Å²) in [5, 5.41) is 9.83. The van der Waals surface area contributed by atoms with Gasteiger partial charge in [0, 0.05) is 49.6 Å². The molecule has 11 nitrogen and oxygen atoms in total. The van der Waals surface area contributed by atoms with E-state index >= 15 is 0 Å². The number of hydrogen-bond acceptors (Lipinski definition) is 8. The van der Waals surface area contributed by atoms with Gasteiger partial charge in [-0.25, -0.2) is 19.2 Å². The Morgan fingerprint density at radius 2 is 1.93 bits per heavy atom. The minimum absolute atomic E-state index is 0.299. The zero-order chi connectivity index (χ0) is 29.8. The number of hydrogen-bond donors (Lipinski definition) is 0. The zero-order valence-electron chi connectivity index (χ0n) is 24.3. The standard InChI is InChI=1S/C30H33FN8O3/c1-19-15-34-26-18-36(10-11-37(19)26)30(8-9-38(30)28(40)42-29(3,4)5)21-12-25-35-17-23(14-32)39(25)27(13-21)41-20(2)24-7-6-22(31)16-33-24/h6-7,12-13,15-17,20H,8-11,18H2,1-5H3. The third kappa shape index (κ3) is 4.63. The van der Waals surface area contributed by atoms with Crippen LogP contribution in [0, 0.1) is 24.1 Å². The summed E-state index contributed by atoms with van der Waals surface area (Å²) in [7, 11) is 0. The molecular formula is C30H33FN8O3. The minimum atomic E-state index is -0.858. The molecule has 4 aromatic heterocycles. The topological polar surface area (TPSA) is 114 Å². The molecule has 1 fully saturated rings. The van der Waals surface area contributed by atoms with Crippen LogP contribution in [0.25, 0.3) is 5.65 Å². The smallest absolute Gasteiger partial charge is 0.412 e. The van der Waals surface area contributed by atoms with Crippen molar-refractivity contribution in [2.24, 2.45) is 0 Å². The Bertz CT molecular complexity index is 1700. The summed E-state index contributed by atoms with van der Waals surface area (Å²) in [6.07, 6.45) is 4.18. The van der Waals surface area contributed by atoms with E-state index in [1.54, 1.807) is 22.3 Å². The van der Waals surface area contributed by atoms with Crippen LogP contribution in [0.1, 0.15) is 68.7 Å². The summed E-state index contributed by atoms with van der Waals surface area (Å²) >= 11 is 0. The van der Waals surface area contributed by atoms with Crippen LogP contribution in [0.15, 0.2) is 42.9 Å². The van der Waals surface area contributed by atoms with Crippen molar-refractivity contribution in [3.05, 3.63) is 77.1 Å². The Morgan fingerprint density at radius 3 is 2.60 bits per heavy atom. The van der Waals surface area contributed by atoms with Gasteiger partial charge in [0.25, 0.3) is 0 Å². The summed E-state index contributed by atoms with van der Waals surface area (Å²) in [4.78, 5) is 31.0. The fourth-order valence-corrected chi connectivity index (χ4v) is 5.88. The molecule has 42 heavy (non-hydrogen) atoms. The Hall–Kier alpha value is -4.50. The summed E-state index contributed by atoms with van der Waals surface area (Å²) in [6, 6.07) is 8.83. The number of imidazole rings is 2. The predicted octanol–water partition coefficient (Wildman–Crippen LogP) is 4.69. The number of aryl methyl sites for hydroxylation is 1. The molecule has 2 aliphatic heterocycles. The van der Waals surface area contributed by atoms with Crippen LogP contribution in [0.2, 0.25) is 0 Å². The van der Waals surface area contributed by atoms with E-state index in [0.717, 1.165) is 29.8 Å². The Balaban J connectivity index is 1.47. The van der Waals surface area contributed by atoms with Crippen LogP contribution in [0.4, 0.5) is 9.18 Å². The van der Waals surface area contributed by atoms with E-state index in [1.165, 1.54) is 12.3 Å². The highest BCUT2D eigenvalue weighted by Crippen LogP contribution is 2.47. The van der Waals surface area contributed by atoms with Crippen LogP contribution in [0.5, 0.6) is 5.88 Å². The van der Waals surface area contributed by atoms with E-state index in [9.17, 15) is 14.4 Å². The van der Waals surface area contributed by atoms with Crippen LogP contribution in [-0.2, 0) is 23.5 Å². The number of carbonyl (C=O) groups excluding carboxylic acids is 1. The van der Waals surface area contributed by atoms with E-state index in [4.69, 9.17) is 9.47 Å². The second-order valence-electron chi connectivity index (χ2n) is 11.8. The lowest BCUT2D eigenvalue weighted by molar-refractivity contribution is -0.145. The third-order valence-corrected chi connectivity index (χ3v) is 7.95. The summed E-state index contributed by atoms with van der Waals surface area (Å²) in [5.41, 5.74) is 1.68. The molecule has 2 atom stereocenters. The third-order valence-electron chi connectivity index (χ3n) is 7.95. The van der Waals surface area contributed by atoms with Gasteiger partial charge in [-0.05, 0) is 52.8 Å². The van der Waals surface area contributed by atoms with Gasteiger partial charge in [-0.3, -0.25) is 19.2 Å². The number of ether oxygens (including phenoxy) is 2. The van der Waals surface area contributed by atoms with E-state index in [-0.39, 0.29) is 0 Å². The number of pyridine rings is 2. The number of aromatic nitrogens is 5. The van der Waals surface area contributed by atoms with Crippen LogP contribution in [0.3, 0.4) is 0 Å². The lowest BCUT2D eigenvalue weighted by Gasteiger charge is -2.58. The summed E-state index contributed by atoms with van der Waals surface area (Å²) in [6.45, 7) is 11.8. The van der Waals surface area contributed by atoms with Crippen molar-refractivity contribution in [1.29, 1.82) is 5.26 Å². The van der Waals surface area contributed by atoms with Crippen LogP contribution >= 0.6 is 0 Å². The van der Waals surface area contributed by atoms with Crippen molar-refractivity contribution in [2.45, 2.75) is 71.5 Å². The normalized spacial score (nSPS) is 19.6. The fraction of sp³-hybridized carbons (Fsp3) is 0.433. The van der Waals surface area contributed by atoms with Gasteiger partial charge in [0.15, 0.2) is 0 Å². The van der Waals surface area contributed by atoms with E-state index < -0.39 is 29.3 Å². The maximum atomic E-state index is 13.6. The van der Waals surface area contributed by atoms with Gasteiger partial charge in [-0.15, -0.1) is 0 Å². The van der Waals surface area contributed by atoms with Crippen molar-refractivity contribution in [3.8, 4) is 11.9 Å². The molecule has 0 N–H and O–H groups in total. The van der Waals surface area contributed by atoms with Gasteiger partial charge in [-0.1, -0.05) is 0 Å². The predicted molar refractivity (Wildman–Crippen MR) is 150 cm³/mol. The highest BCUT2D eigenvalue weighted by Gasteiger charge is 2.55. The molecule has 4 aromatic rings. The van der Waals surface area contributed by atoms with Crippen LogP contribution in [-0.4, -0.2) is 58.5 Å². The Kier molecular flexibility index (Phi) is 6.65. The number of amides is 1. The van der Waals surface area contributed by atoms with Crippen molar-refractivity contribution < 1.29 is 18.7 Å². The molecule has 0 saturated carbocycles. The monoisotopic (exact) mass is 572 g/mol. The van der Waals surface area contributed by atoms with Crippen molar-refractivity contribution in [1.82, 2.24) is 33.7 Å². The van der Waals surface area contributed by atoms with E-state index in [2.05, 4.69) is 30.5 Å². The molecular weight excluding hydrogens is 539 g/mol. The molecule has 12 heteroatoms. The number of nitrogens with zero attached hydrogens (tertiary/aromatic N) is 8. The molecule has 0 aromatic carbocycles. The van der Waals surface area contributed by atoms with Gasteiger partial charge in [0.05, 0.1) is 24.6 Å². The zero-order valence-corrected chi connectivity index (χ0v) is 24.3. The number of carbonyl (C=O) groups is 1. The number of fused-ring (bicyclic) bond motifs is 2. The molecule has 2 unspecified atom stereocenters. The van der Waals surface area contributed by atoms with Gasteiger partial charge >= 0.3 is 6.09 Å². The van der Waals surface area contributed by atoms with Gasteiger partial charge in [0.1, 0.15) is 46.4 Å². The second kappa shape index (κ2) is 10.1. The maximum Gasteiger partial charge on any atom is 0.412 e. The minimum Gasteiger partial charge on any atom is -0.469 e. The molecule has 0 radical (unpaired) electrons. The molecule has 218 valence electrons. The largest absolute Gasteiger partial charge is 0.469 e. The van der Waals surface area contributed by atoms with Gasteiger partial charge in [0.2, 0.25) is 5.88 Å². The average molecular weight is 573 g/mol. The van der Waals surface area contributed by atoms with Crippen molar-refractivity contribution in [3.63, 3.8) is 0 Å². The molecule has 1 amide bonds. The number of nitriles is 1. The van der Waals surface area contributed by atoms with Crippen molar-refractivity contribution in [2.75, 3.05) is 13.1 Å². The molecule has 0 bridgehead atoms. The first-order valence-corrected chi connectivity index (χ1v) is 14.0. The highest BCUT2D eigenvalue weighted by atomic mass is 19.1. The quantitative estimate of drug-likeness (QED) is 0.338. The Morgan fingerprint density at radius 1 is 1.12 bits per heavy atom. The fourth-order valence-electron chi connectivity index (χ4n) is 5.88. The molecule has 0 spiro atoms.